The number of unbranched alkanes of at least 4 members (excludes halogenated alkanes) is 3. The van der Waals surface area contributed by atoms with Crippen molar-refractivity contribution >= 4 is 11.0 Å². The number of fused-ring (bicyclic) bond motifs is 1. The molecule has 1 heterocycles. The highest BCUT2D eigenvalue weighted by Crippen LogP contribution is 2.15. The minimum absolute atomic E-state index is 0.993. The third-order valence-corrected chi connectivity index (χ3v) is 3.24. The Morgan fingerprint density at radius 2 is 2.11 bits per heavy atom. The first-order valence-corrected chi connectivity index (χ1v) is 6.64. The molecule has 18 heavy (non-hydrogen) atoms. The minimum Gasteiger partial charge on any atom is -0.331 e. The first kappa shape index (κ1) is 12.7. The summed E-state index contributed by atoms with van der Waals surface area (Å²) in [5.74, 6) is 7.50. The van der Waals surface area contributed by atoms with Gasteiger partial charge in [0.25, 0.3) is 0 Å². The molecule has 1 aromatic heterocycles. The van der Waals surface area contributed by atoms with Crippen molar-refractivity contribution < 1.29 is 0 Å². The molecule has 2 rings (SSSR count). The van der Waals surface area contributed by atoms with Crippen LogP contribution in [-0.4, -0.2) is 9.55 Å². The SMILES string of the molecule is CCCCCC#Cc1ccc2c(c1)nc(C)n2C. The second-order valence-electron chi connectivity index (χ2n) is 4.68. The molecule has 1 aromatic carbocycles. The Kier molecular flexibility index (Phi) is 4.04. The zero-order valence-electron chi connectivity index (χ0n) is 11.5. The molecule has 94 valence electrons. The Balaban J connectivity index is 2.15. The summed E-state index contributed by atoms with van der Waals surface area (Å²) in [5, 5.41) is 0. The van der Waals surface area contributed by atoms with Crippen molar-refractivity contribution in [2.75, 3.05) is 0 Å². The molecule has 0 saturated heterocycles. The van der Waals surface area contributed by atoms with Gasteiger partial charge in [-0.2, -0.15) is 0 Å². The van der Waals surface area contributed by atoms with Gasteiger partial charge in [-0.05, 0) is 31.5 Å². The third kappa shape index (κ3) is 2.73. The van der Waals surface area contributed by atoms with Crippen LogP contribution in [0.15, 0.2) is 18.2 Å². The predicted octanol–water partition coefficient (Wildman–Crippen LogP) is 3.81. The summed E-state index contributed by atoms with van der Waals surface area (Å²) in [6.07, 6.45) is 4.72. The number of rotatable bonds is 3. The van der Waals surface area contributed by atoms with E-state index in [0.29, 0.717) is 0 Å². The highest BCUT2D eigenvalue weighted by atomic mass is 15.0. The third-order valence-electron chi connectivity index (χ3n) is 3.24. The Morgan fingerprint density at radius 1 is 1.28 bits per heavy atom. The summed E-state index contributed by atoms with van der Waals surface area (Å²) in [7, 11) is 2.04. The fourth-order valence-corrected chi connectivity index (χ4v) is 2.03. The van der Waals surface area contributed by atoms with Crippen molar-refractivity contribution in [1.82, 2.24) is 9.55 Å². The number of aryl methyl sites for hydroxylation is 2. The maximum absolute atomic E-state index is 4.53. The van der Waals surface area contributed by atoms with Crippen molar-refractivity contribution in [2.24, 2.45) is 7.05 Å². The lowest BCUT2D eigenvalue weighted by Gasteiger charge is -1.96. The summed E-state index contributed by atoms with van der Waals surface area (Å²) in [5.41, 5.74) is 3.27. The van der Waals surface area contributed by atoms with Gasteiger partial charge in [0, 0.05) is 19.0 Å². The van der Waals surface area contributed by atoms with E-state index >= 15 is 0 Å². The molecule has 0 spiro atoms. The van der Waals surface area contributed by atoms with E-state index in [1.54, 1.807) is 0 Å². The average molecular weight is 240 g/mol. The van der Waals surface area contributed by atoms with E-state index in [4.69, 9.17) is 0 Å². The Hall–Kier alpha value is -1.75. The highest BCUT2D eigenvalue weighted by molar-refractivity contribution is 5.77. The fourth-order valence-electron chi connectivity index (χ4n) is 2.03. The number of benzene rings is 1. The molecular weight excluding hydrogens is 220 g/mol. The molecule has 0 aliphatic heterocycles. The van der Waals surface area contributed by atoms with Gasteiger partial charge in [0.05, 0.1) is 11.0 Å². The van der Waals surface area contributed by atoms with E-state index in [9.17, 15) is 0 Å². The van der Waals surface area contributed by atoms with E-state index < -0.39 is 0 Å². The standard InChI is InChI=1S/C16H20N2/c1-4-5-6-7-8-9-14-10-11-16-15(12-14)17-13(2)18(16)3/h10-12H,4-7H2,1-3H3. The second kappa shape index (κ2) is 5.73. The van der Waals surface area contributed by atoms with Crippen LogP contribution in [0.1, 0.15) is 44.0 Å². The summed E-state index contributed by atoms with van der Waals surface area (Å²) < 4.78 is 2.10. The lowest BCUT2D eigenvalue weighted by atomic mass is 10.1. The summed E-state index contributed by atoms with van der Waals surface area (Å²) >= 11 is 0. The van der Waals surface area contributed by atoms with Gasteiger partial charge in [-0.3, -0.25) is 0 Å². The smallest absolute Gasteiger partial charge is 0.106 e. The molecule has 0 bridgehead atoms. The topological polar surface area (TPSA) is 17.8 Å². The Morgan fingerprint density at radius 3 is 2.89 bits per heavy atom. The first-order chi connectivity index (χ1) is 8.72. The van der Waals surface area contributed by atoms with E-state index in [1.807, 2.05) is 14.0 Å². The average Bonchev–Trinajstić information content (AvgIpc) is 2.65. The second-order valence-corrected chi connectivity index (χ2v) is 4.68. The first-order valence-electron chi connectivity index (χ1n) is 6.64. The van der Waals surface area contributed by atoms with Crippen LogP contribution in [0.25, 0.3) is 11.0 Å². The molecule has 2 heteroatoms. The maximum atomic E-state index is 4.53. The number of hydrogen-bond donors (Lipinski definition) is 0. The largest absolute Gasteiger partial charge is 0.331 e. The molecule has 0 N–H and O–H groups in total. The van der Waals surface area contributed by atoms with Crippen LogP contribution in [-0.2, 0) is 7.05 Å². The van der Waals surface area contributed by atoms with Crippen LogP contribution in [0.5, 0.6) is 0 Å². The van der Waals surface area contributed by atoms with Gasteiger partial charge in [-0.25, -0.2) is 4.98 Å². The van der Waals surface area contributed by atoms with Crippen LogP contribution in [0.4, 0.5) is 0 Å². The predicted molar refractivity (Wildman–Crippen MR) is 76.5 cm³/mol. The lowest BCUT2D eigenvalue weighted by Crippen LogP contribution is -1.89. The summed E-state index contributed by atoms with van der Waals surface area (Å²) in [6.45, 7) is 4.24. The Bertz CT molecular complexity index is 597. The molecule has 0 fully saturated rings. The molecule has 0 aliphatic rings. The van der Waals surface area contributed by atoms with E-state index in [1.165, 1.54) is 24.8 Å². The zero-order valence-corrected chi connectivity index (χ0v) is 11.5. The van der Waals surface area contributed by atoms with Crippen LogP contribution >= 0.6 is 0 Å². The van der Waals surface area contributed by atoms with Gasteiger partial charge >= 0.3 is 0 Å². The van der Waals surface area contributed by atoms with Crippen molar-refractivity contribution in [3.05, 3.63) is 29.6 Å². The fraction of sp³-hybridized carbons (Fsp3) is 0.438. The molecule has 0 atom stereocenters. The number of hydrogen-bond acceptors (Lipinski definition) is 1. The van der Waals surface area contributed by atoms with Crippen molar-refractivity contribution in [1.29, 1.82) is 0 Å². The zero-order chi connectivity index (χ0) is 13.0. The number of nitrogens with zero attached hydrogens (tertiary/aromatic N) is 2. The quantitative estimate of drug-likeness (QED) is 0.589. The Labute approximate surface area is 109 Å². The lowest BCUT2D eigenvalue weighted by molar-refractivity contribution is 0.737. The van der Waals surface area contributed by atoms with E-state index in [0.717, 1.165) is 23.3 Å². The van der Waals surface area contributed by atoms with Crippen LogP contribution in [0.2, 0.25) is 0 Å². The molecular formula is C16H20N2. The molecule has 0 radical (unpaired) electrons. The molecule has 0 amide bonds. The van der Waals surface area contributed by atoms with E-state index in [-0.39, 0.29) is 0 Å². The van der Waals surface area contributed by atoms with Gasteiger partial charge < -0.3 is 4.57 Å². The van der Waals surface area contributed by atoms with Crippen LogP contribution < -0.4 is 0 Å². The van der Waals surface area contributed by atoms with Gasteiger partial charge in [0.15, 0.2) is 0 Å². The van der Waals surface area contributed by atoms with Crippen LogP contribution in [0, 0.1) is 18.8 Å². The van der Waals surface area contributed by atoms with Crippen molar-refractivity contribution in [3.63, 3.8) is 0 Å². The number of aromatic nitrogens is 2. The van der Waals surface area contributed by atoms with Gasteiger partial charge in [0.1, 0.15) is 5.82 Å². The van der Waals surface area contributed by atoms with Gasteiger partial charge in [0.2, 0.25) is 0 Å². The van der Waals surface area contributed by atoms with Gasteiger partial charge in [-0.1, -0.05) is 31.6 Å². The highest BCUT2D eigenvalue weighted by Gasteiger charge is 2.03. The van der Waals surface area contributed by atoms with Gasteiger partial charge in [-0.15, -0.1) is 0 Å². The maximum Gasteiger partial charge on any atom is 0.106 e. The minimum atomic E-state index is 0.993. The van der Waals surface area contributed by atoms with Crippen molar-refractivity contribution in [2.45, 2.75) is 39.5 Å². The molecule has 0 saturated carbocycles. The van der Waals surface area contributed by atoms with Crippen molar-refractivity contribution in [3.8, 4) is 11.8 Å². The summed E-state index contributed by atoms with van der Waals surface area (Å²) in [4.78, 5) is 4.53. The van der Waals surface area contributed by atoms with E-state index in [2.05, 4.69) is 46.5 Å². The molecule has 2 aromatic rings. The number of imidazole rings is 1. The molecule has 0 aliphatic carbocycles. The summed E-state index contributed by atoms with van der Waals surface area (Å²) in [6, 6.07) is 6.26. The monoisotopic (exact) mass is 240 g/mol. The normalized spacial score (nSPS) is 10.4. The van der Waals surface area contributed by atoms with Crippen LogP contribution in [0.3, 0.4) is 0 Å². The molecule has 2 nitrogen and oxygen atoms in total. The molecule has 0 unspecified atom stereocenters.